The van der Waals surface area contributed by atoms with Gasteiger partial charge in [-0.1, -0.05) is 0 Å². The van der Waals surface area contributed by atoms with E-state index in [1.807, 2.05) is 23.9 Å². The molecule has 0 aromatic carbocycles. The van der Waals surface area contributed by atoms with Crippen LogP contribution in [0.3, 0.4) is 0 Å². The molecule has 2 N–H and O–H groups in total. The summed E-state index contributed by atoms with van der Waals surface area (Å²) in [5.74, 6) is 0. The summed E-state index contributed by atoms with van der Waals surface area (Å²) in [5.41, 5.74) is 1.00. The predicted octanol–water partition coefficient (Wildman–Crippen LogP) is 1.85. The average Bonchev–Trinajstić information content (AvgIpc) is 2.87. The quantitative estimate of drug-likeness (QED) is 0.564. The van der Waals surface area contributed by atoms with E-state index in [9.17, 15) is 0 Å². The first-order valence-corrected chi connectivity index (χ1v) is 7.23. The van der Waals surface area contributed by atoms with Crippen molar-refractivity contribution in [1.82, 2.24) is 20.4 Å². The second kappa shape index (κ2) is 8.87. The molecule has 1 unspecified atom stereocenters. The first-order chi connectivity index (χ1) is 9.17. The van der Waals surface area contributed by atoms with Crippen molar-refractivity contribution in [3.63, 3.8) is 0 Å². The van der Waals surface area contributed by atoms with Crippen LogP contribution in [0.2, 0.25) is 0 Å². The molecule has 6 heteroatoms. The molecule has 0 bridgehead atoms. The van der Waals surface area contributed by atoms with Crippen molar-refractivity contribution >= 4 is 17.3 Å². The van der Waals surface area contributed by atoms with Gasteiger partial charge in [-0.2, -0.15) is 5.10 Å². The Balaban J connectivity index is 2.23. The Hall–Kier alpha value is -1.14. The molecule has 0 aliphatic carbocycles. The summed E-state index contributed by atoms with van der Waals surface area (Å²) in [7, 11) is 0. The highest BCUT2D eigenvalue weighted by molar-refractivity contribution is 7.80. The monoisotopic (exact) mass is 284 g/mol. The summed E-state index contributed by atoms with van der Waals surface area (Å²) in [5, 5.41) is 11.5. The molecule has 1 rings (SSSR count). The van der Waals surface area contributed by atoms with E-state index in [1.165, 1.54) is 0 Å². The normalized spacial score (nSPS) is 12.2. The van der Waals surface area contributed by atoms with Crippen molar-refractivity contribution in [2.45, 2.75) is 39.8 Å². The molecule has 19 heavy (non-hydrogen) atoms. The lowest BCUT2D eigenvalue weighted by Crippen LogP contribution is -2.37. The van der Waals surface area contributed by atoms with Crippen molar-refractivity contribution in [1.29, 1.82) is 0 Å². The molecule has 5 nitrogen and oxygen atoms in total. The Morgan fingerprint density at radius 1 is 1.53 bits per heavy atom. The topological polar surface area (TPSA) is 51.1 Å². The molecule has 0 fully saturated rings. The SMILES string of the molecule is CCOCCCNC(=S)NC(C)c1ccn(CC)n1. The number of nitrogens with zero attached hydrogens (tertiary/aromatic N) is 2. The number of hydrogen-bond donors (Lipinski definition) is 2. The smallest absolute Gasteiger partial charge is 0.166 e. The number of ether oxygens (including phenoxy) is 1. The van der Waals surface area contributed by atoms with Crippen molar-refractivity contribution < 1.29 is 4.74 Å². The van der Waals surface area contributed by atoms with E-state index >= 15 is 0 Å². The van der Waals surface area contributed by atoms with Gasteiger partial charge < -0.3 is 15.4 Å². The maximum Gasteiger partial charge on any atom is 0.166 e. The van der Waals surface area contributed by atoms with Crippen LogP contribution in [-0.4, -0.2) is 34.7 Å². The van der Waals surface area contributed by atoms with Crippen LogP contribution in [0.15, 0.2) is 12.3 Å². The van der Waals surface area contributed by atoms with Gasteiger partial charge in [0.25, 0.3) is 0 Å². The number of thiocarbonyl (C=S) groups is 1. The molecule has 108 valence electrons. The van der Waals surface area contributed by atoms with Crippen molar-refractivity contribution in [2.75, 3.05) is 19.8 Å². The Kier molecular flexibility index (Phi) is 7.43. The minimum Gasteiger partial charge on any atom is -0.382 e. The van der Waals surface area contributed by atoms with Gasteiger partial charge in [0.2, 0.25) is 0 Å². The number of rotatable bonds is 8. The second-order valence-corrected chi connectivity index (χ2v) is 4.68. The highest BCUT2D eigenvalue weighted by atomic mass is 32.1. The number of aromatic nitrogens is 2. The largest absolute Gasteiger partial charge is 0.382 e. The molecule has 0 radical (unpaired) electrons. The van der Waals surface area contributed by atoms with E-state index in [0.717, 1.165) is 38.4 Å². The van der Waals surface area contributed by atoms with Gasteiger partial charge in [0.05, 0.1) is 11.7 Å². The van der Waals surface area contributed by atoms with Gasteiger partial charge in [0, 0.05) is 32.5 Å². The fourth-order valence-electron chi connectivity index (χ4n) is 1.63. The molecule has 1 aromatic heterocycles. The van der Waals surface area contributed by atoms with E-state index in [1.54, 1.807) is 0 Å². The zero-order valence-corrected chi connectivity index (χ0v) is 12.8. The lowest BCUT2D eigenvalue weighted by molar-refractivity contribution is 0.145. The zero-order chi connectivity index (χ0) is 14.1. The fourth-order valence-corrected chi connectivity index (χ4v) is 1.91. The minimum atomic E-state index is 0.111. The van der Waals surface area contributed by atoms with Gasteiger partial charge in [-0.15, -0.1) is 0 Å². The van der Waals surface area contributed by atoms with Crippen molar-refractivity contribution in [2.24, 2.45) is 0 Å². The highest BCUT2D eigenvalue weighted by Gasteiger charge is 2.09. The van der Waals surface area contributed by atoms with Gasteiger partial charge in [-0.3, -0.25) is 4.68 Å². The average molecular weight is 284 g/mol. The molecule has 0 aliphatic heterocycles. The molecule has 1 atom stereocenters. The first kappa shape index (κ1) is 15.9. The third-order valence-electron chi connectivity index (χ3n) is 2.73. The zero-order valence-electron chi connectivity index (χ0n) is 12.0. The van der Waals surface area contributed by atoms with Crippen molar-refractivity contribution in [3.05, 3.63) is 18.0 Å². The second-order valence-electron chi connectivity index (χ2n) is 4.27. The lowest BCUT2D eigenvalue weighted by Gasteiger charge is -2.15. The fraction of sp³-hybridized carbons (Fsp3) is 0.692. The summed E-state index contributed by atoms with van der Waals surface area (Å²) >= 11 is 5.25. The molecule has 0 saturated heterocycles. The summed E-state index contributed by atoms with van der Waals surface area (Å²) in [6, 6.07) is 2.12. The minimum absolute atomic E-state index is 0.111. The van der Waals surface area contributed by atoms with E-state index in [0.29, 0.717) is 5.11 Å². The third-order valence-corrected chi connectivity index (χ3v) is 2.99. The van der Waals surface area contributed by atoms with Crippen LogP contribution in [0.1, 0.15) is 38.9 Å². The summed E-state index contributed by atoms with van der Waals surface area (Å²) in [6.07, 6.45) is 2.93. The van der Waals surface area contributed by atoms with Gasteiger partial charge in [0.15, 0.2) is 5.11 Å². The Labute approximate surface area is 120 Å². The lowest BCUT2D eigenvalue weighted by atomic mass is 10.2. The van der Waals surface area contributed by atoms with Gasteiger partial charge >= 0.3 is 0 Å². The molecule has 0 saturated carbocycles. The summed E-state index contributed by atoms with van der Waals surface area (Å²) in [6.45, 7) is 9.35. The first-order valence-electron chi connectivity index (χ1n) is 6.82. The molecule has 1 aromatic rings. The van der Waals surface area contributed by atoms with E-state index in [-0.39, 0.29) is 6.04 Å². The maximum absolute atomic E-state index is 5.26. The van der Waals surface area contributed by atoms with Crippen LogP contribution in [0.5, 0.6) is 0 Å². The Morgan fingerprint density at radius 2 is 2.32 bits per heavy atom. The highest BCUT2D eigenvalue weighted by Crippen LogP contribution is 2.08. The van der Waals surface area contributed by atoms with Crippen LogP contribution in [0, 0.1) is 0 Å². The van der Waals surface area contributed by atoms with Gasteiger partial charge in [0.1, 0.15) is 0 Å². The van der Waals surface area contributed by atoms with E-state index in [4.69, 9.17) is 17.0 Å². The van der Waals surface area contributed by atoms with E-state index in [2.05, 4.69) is 29.6 Å². The molecule has 0 amide bonds. The number of aryl methyl sites for hydroxylation is 1. The van der Waals surface area contributed by atoms with Crippen LogP contribution >= 0.6 is 12.2 Å². The molecule has 1 heterocycles. The Morgan fingerprint density at radius 3 is 2.95 bits per heavy atom. The molecule has 0 aliphatic rings. The number of nitrogens with one attached hydrogen (secondary N) is 2. The predicted molar refractivity (Wildman–Crippen MR) is 81.2 cm³/mol. The third kappa shape index (κ3) is 6.02. The van der Waals surface area contributed by atoms with E-state index < -0.39 is 0 Å². The van der Waals surface area contributed by atoms with Crippen LogP contribution in [0.25, 0.3) is 0 Å². The van der Waals surface area contributed by atoms with Crippen molar-refractivity contribution in [3.8, 4) is 0 Å². The number of hydrogen-bond acceptors (Lipinski definition) is 3. The molecular weight excluding hydrogens is 260 g/mol. The molecular formula is C13H24N4OS. The summed E-state index contributed by atoms with van der Waals surface area (Å²) in [4.78, 5) is 0. The van der Waals surface area contributed by atoms with Gasteiger partial charge in [-0.05, 0) is 45.5 Å². The standard InChI is InChI=1S/C13H24N4OS/c1-4-17-9-7-12(16-17)11(3)15-13(19)14-8-6-10-18-5-2/h7,9,11H,4-6,8,10H2,1-3H3,(H2,14,15,19). The van der Waals surface area contributed by atoms with Crippen LogP contribution in [-0.2, 0) is 11.3 Å². The maximum atomic E-state index is 5.26. The Bertz CT molecular complexity index is 380. The summed E-state index contributed by atoms with van der Waals surface area (Å²) < 4.78 is 7.17. The molecule has 0 spiro atoms. The van der Waals surface area contributed by atoms with Gasteiger partial charge in [-0.25, -0.2) is 0 Å². The van der Waals surface area contributed by atoms with Crippen LogP contribution in [0.4, 0.5) is 0 Å². The van der Waals surface area contributed by atoms with Crippen LogP contribution < -0.4 is 10.6 Å².